The first-order valence-electron chi connectivity index (χ1n) is 3.50. The Kier molecular flexibility index (Phi) is 3.07. The Morgan fingerprint density at radius 2 is 2.54 bits per heavy atom. The van der Waals surface area contributed by atoms with Crippen LogP contribution < -0.4 is 14.9 Å². The molecule has 1 rings (SSSR count). The van der Waals surface area contributed by atoms with E-state index in [0.717, 1.165) is 0 Å². The molecule has 0 bridgehead atoms. The van der Waals surface area contributed by atoms with Gasteiger partial charge in [-0.3, -0.25) is 4.52 Å². The van der Waals surface area contributed by atoms with E-state index in [1.807, 2.05) is 0 Å². The molecule has 0 saturated heterocycles. The van der Waals surface area contributed by atoms with Gasteiger partial charge in [0.05, 0.1) is 24.8 Å². The number of halogens is 1. The molecular formula is C6H9ClN4O2. The molecule has 1 aromatic heterocycles. The lowest BCUT2D eigenvalue weighted by Crippen LogP contribution is -2.53. The van der Waals surface area contributed by atoms with Crippen molar-refractivity contribution in [1.29, 1.82) is 0 Å². The van der Waals surface area contributed by atoms with Crippen LogP contribution in [-0.4, -0.2) is 31.1 Å². The Labute approximate surface area is 80.0 Å². The van der Waals surface area contributed by atoms with Gasteiger partial charge in [-0.05, 0) is 5.90 Å². The van der Waals surface area contributed by atoms with Gasteiger partial charge in [-0.2, -0.15) is 5.01 Å². The first-order valence-corrected chi connectivity index (χ1v) is 4.03. The standard InChI is InChI=1S/C6H9ClN4O2/c1-10(2)11-4-6(13-9-11)8-5(12)3-7/h4H,3H2,1-2H3. The van der Waals surface area contributed by atoms with Gasteiger partial charge in [0.15, 0.2) is 0 Å². The van der Waals surface area contributed by atoms with E-state index >= 15 is 0 Å². The fourth-order valence-electron chi connectivity index (χ4n) is 0.620. The molecule has 0 saturated carbocycles. The van der Waals surface area contributed by atoms with Crippen molar-refractivity contribution in [2.75, 3.05) is 25.0 Å². The second-order valence-electron chi connectivity index (χ2n) is 2.45. The summed E-state index contributed by atoms with van der Waals surface area (Å²) in [6, 6.07) is 0. The monoisotopic (exact) mass is 204 g/mol. The van der Waals surface area contributed by atoms with Crippen molar-refractivity contribution in [3.8, 4) is 0 Å². The summed E-state index contributed by atoms with van der Waals surface area (Å²) in [4.78, 5) is 4.94. The number of alkyl halides is 1. The molecule has 1 heterocycles. The second-order valence-corrected chi connectivity index (χ2v) is 2.71. The Morgan fingerprint density at radius 1 is 1.85 bits per heavy atom. The average Bonchev–Trinajstić information content (AvgIpc) is 2.52. The second kappa shape index (κ2) is 4.08. The van der Waals surface area contributed by atoms with Crippen molar-refractivity contribution in [3.63, 3.8) is 0 Å². The Morgan fingerprint density at radius 3 is 3.00 bits per heavy atom. The molecule has 7 heteroatoms. The SMILES string of the molecule is CN(C)[n+]1cc(/N=C(\[O-])CCl)on1. The van der Waals surface area contributed by atoms with Crippen molar-refractivity contribution in [3.05, 3.63) is 6.20 Å². The summed E-state index contributed by atoms with van der Waals surface area (Å²) in [6.07, 6.45) is 1.48. The maximum absolute atomic E-state index is 10.8. The fourth-order valence-corrected chi connectivity index (χ4v) is 0.680. The molecule has 0 spiro atoms. The number of nitrogens with zero attached hydrogens (tertiary/aromatic N) is 4. The minimum atomic E-state index is -0.455. The predicted molar refractivity (Wildman–Crippen MR) is 44.6 cm³/mol. The minimum absolute atomic E-state index is 0.138. The van der Waals surface area contributed by atoms with E-state index in [-0.39, 0.29) is 11.8 Å². The highest BCUT2D eigenvalue weighted by Crippen LogP contribution is 2.05. The molecule has 0 unspecified atom stereocenters. The van der Waals surface area contributed by atoms with Crippen molar-refractivity contribution in [1.82, 2.24) is 5.27 Å². The average molecular weight is 205 g/mol. The van der Waals surface area contributed by atoms with Gasteiger partial charge in [-0.1, -0.05) is 0 Å². The van der Waals surface area contributed by atoms with E-state index in [2.05, 4.69) is 10.3 Å². The van der Waals surface area contributed by atoms with Gasteiger partial charge in [0.25, 0.3) is 6.20 Å². The van der Waals surface area contributed by atoms with Crippen LogP contribution in [0.25, 0.3) is 0 Å². The topological polar surface area (TPSA) is 68.6 Å². The number of hydrogen-bond donors (Lipinski definition) is 0. The van der Waals surface area contributed by atoms with Crippen LogP contribution in [0.15, 0.2) is 15.7 Å². The van der Waals surface area contributed by atoms with Crippen LogP contribution in [0.3, 0.4) is 0 Å². The van der Waals surface area contributed by atoms with Crippen molar-refractivity contribution in [2.45, 2.75) is 0 Å². The summed E-state index contributed by atoms with van der Waals surface area (Å²) in [5.74, 6) is -0.481. The normalized spacial score (nSPS) is 11.8. The van der Waals surface area contributed by atoms with Gasteiger partial charge in [-0.15, -0.1) is 11.6 Å². The lowest BCUT2D eigenvalue weighted by Gasteiger charge is -2.00. The quantitative estimate of drug-likeness (QED) is 0.268. The highest BCUT2D eigenvalue weighted by molar-refractivity contribution is 6.26. The molecule has 0 N–H and O–H groups in total. The molecule has 0 atom stereocenters. The van der Waals surface area contributed by atoms with Gasteiger partial charge in [0, 0.05) is 0 Å². The summed E-state index contributed by atoms with van der Waals surface area (Å²) >= 11 is 5.25. The van der Waals surface area contributed by atoms with Gasteiger partial charge >= 0.3 is 5.88 Å². The number of hydrogen-bond acceptors (Lipinski definition) is 5. The molecule has 0 aromatic carbocycles. The van der Waals surface area contributed by atoms with Gasteiger partial charge < -0.3 is 5.11 Å². The van der Waals surface area contributed by atoms with Gasteiger partial charge in [0.2, 0.25) is 5.27 Å². The van der Waals surface area contributed by atoms with Crippen LogP contribution in [0.1, 0.15) is 0 Å². The van der Waals surface area contributed by atoms with E-state index in [4.69, 9.17) is 16.1 Å². The number of aromatic nitrogens is 2. The molecule has 0 amide bonds. The molecule has 6 nitrogen and oxygen atoms in total. The van der Waals surface area contributed by atoms with Crippen molar-refractivity contribution >= 4 is 23.4 Å². The van der Waals surface area contributed by atoms with Crippen LogP contribution in [-0.2, 0) is 0 Å². The molecular weight excluding hydrogens is 196 g/mol. The highest BCUT2D eigenvalue weighted by Gasteiger charge is 2.11. The third-order valence-electron chi connectivity index (χ3n) is 1.20. The third kappa shape index (κ3) is 2.59. The van der Waals surface area contributed by atoms with Crippen LogP contribution >= 0.6 is 11.6 Å². The summed E-state index contributed by atoms with van der Waals surface area (Å²) in [5.41, 5.74) is 0. The zero-order valence-electron chi connectivity index (χ0n) is 7.27. The molecule has 72 valence electrons. The van der Waals surface area contributed by atoms with E-state index < -0.39 is 5.90 Å². The largest absolute Gasteiger partial charge is 0.861 e. The van der Waals surface area contributed by atoms with Crippen molar-refractivity contribution in [2.24, 2.45) is 4.99 Å². The molecule has 0 aliphatic carbocycles. The van der Waals surface area contributed by atoms with Gasteiger partial charge in [0.1, 0.15) is 0 Å². The molecule has 13 heavy (non-hydrogen) atoms. The number of aliphatic imine (C=N–C) groups is 1. The smallest absolute Gasteiger partial charge is 0.324 e. The molecule has 0 aliphatic rings. The predicted octanol–water partition coefficient (Wildman–Crippen LogP) is -1.21. The summed E-state index contributed by atoms with van der Waals surface area (Å²) in [5, 5.41) is 16.0. The summed E-state index contributed by atoms with van der Waals surface area (Å²) in [6.45, 7) is 0. The van der Waals surface area contributed by atoms with Crippen LogP contribution in [0, 0.1) is 0 Å². The summed E-state index contributed by atoms with van der Waals surface area (Å²) < 4.78 is 4.72. The van der Waals surface area contributed by atoms with Crippen LogP contribution in [0.5, 0.6) is 0 Å². The van der Waals surface area contributed by atoms with E-state index in [0.29, 0.717) is 0 Å². The molecule has 0 aliphatic heterocycles. The van der Waals surface area contributed by atoms with Crippen LogP contribution in [0.4, 0.5) is 5.88 Å². The number of rotatable bonds is 3. The first-order chi connectivity index (χ1) is 6.13. The van der Waals surface area contributed by atoms with E-state index in [1.165, 1.54) is 11.0 Å². The Hall–Kier alpha value is -1.30. The lowest BCUT2D eigenvalue weighted by atomic mass is 10.7. The zero-order chi connectivity index (χ0) is 9.84. The Balaban J connectivity index is 2.80. The third-order valence-corrected chi connectivity index (χ3v) is 1.43. The highest BCUT2D eigenvalue weighted by atomic mass is 35.5. The van der Waals surface area contributed by atoms with E-state index in [1.54, 1.807) is 19.1 Å². The van der Waals surface area contributed by atoms with Crippen LogP contribution in [0.2, 0.25) is 0 Å². The first kappa shape index (κ1) is 9.79. The molecule has 0 radical (unpaired) electrons. The van der Waals surface area contributed by atoms with Crippen molar-refractivity contribution < 1.29 is 14.4 Å². The summed E-state index contributed by atoms with van der Waals surface area (Å²) in [7, 11) is 3.55. The maximum atomic E-state index is 10.8. The molecule has 0 fully saturated rings. The lowest BCUT2D eigenvalue weighted by molar-refractivity contribution is -0.753. The fraction of sp³-hybridized carbons (Fsp3) is 0.500. The minimum Gasteiger partial charge on any atom is -0.861 e. The zero-order valence-corrected chi connectivity index (χ0v) is 8.02. The Bertz CT molecular complexity index is 309. The van der Waals surface area contributed by atoms with Gasteiger partial charge in [-0.25, -0.2) is 4.99 Å². The van der Waals surface area contributed by atoms with E-state index in [9.17, 15) is 5.11 Å². The maximum Gasteiger partial charge on any atom is 0.324 e. The molecule has 1 aromatic rings.